The highest BCUT2D eigenvalue weighted by Crippen LogP contribution is 2.39. The smallest absolute Gasteiger partial charge is 0.142 e. The third-order valence-corrected chi connectivity index (χ3v) is 3.67. The molecule has 0 spiro atoms. The number of nitriles is 1. The maximum absolute atomic E-state index is 13.5. The number of thiophene rings is 1. The Labute approximate surface area is 108 Å². The van der Waals surface area contributed by atoms with Crippen LogP contribution in [0.4, 0.5) is 9.39 Å². The Morgan fingerprint density at radius 3 is 2.59 bits per heavy atom. The Bertz CT molecular complexity index is 599. The van der Waals surface area contributed by atoms with Crippen LogP contribution >= 0.6 is 22.9 Å². The first-order valence-corrected chi connectivity index (χ1v) is 6.32. The van der Waals surface area contributed by atoms with E-state index >= 15 is 0 Å². The molecule has 1 heterocycles. The maximum atomic E-state index is 13.5. The molecule has 17 heavy (non-hydrogen) atoms. The van der Waals surface area contributed by atoms with Crippen LogP contribution in [-0.2, 0) is 0 Å². The zero-order valence-corrected chi connectivity index (χ0v) is 11.3. The van der Waals surface area contributed by atoms with Crippen molar-refractivity contribution in [3.05, 3.63) is 28.0 Å². The number of aryl methyl sites for hydroxylation is 1. The molecule has 0 aliphatic carbocycles. The SMILES string of the molecule is CC.Cc1c(Cl)cc(F)c2sc(N)c(C#N)c12. The monoisotopic (exact) mass is 270 g/mol. The summed E-state index contributed by atoms with van der Waals surface area (Å²) >= 11 is 6.92. The molecular weight excluding hydrogens is 259 g/mol. The topological polar surface area (TPSA) is 49.8 Å². The number of halogens is 2. The van der Waals surface area contributed by atoms with Crippen molar-refractivity contribution in [3.8, 4) is 6.07 Å². The normalized spacial score (nSPS) is 9.65. The highest BCUT2D eigenvalue weighted by molar-refractivity contribution is 7.23. The van der Waals surface area contributed by atoms with Crippen LogP contribution in [0, 0.1) is 24.1 Å². The number of hydrogen-bond acceptors (Lipinski definition) is 3. The van der Waals surface area contributed by atoms with Gasteiger partial charge >= 0.3 is 0 Å². The minimum atomic E-state index is -0.432. The van der Waals surface area contributed by atoms with Crippen LogP contribution in [0.2, 0.25) is 5.02 Å². The van der Waals surface area contributed by atoms with Gasteiger partial charge in [-0.15, -0.1) is 11.3 Å². The molecule has 0 fully saturated rings. The Hall–Kier alpha value is -1.31. The van der Waals surface area contributed by atoms with Crippen molar-refractivity contribution in [2.24, 2.45) is 0 Å². The lowest BCUT2D eigenvalue weighted by Crippen LogP contribution is -1.86. The van der Waals surface area contributed by atoms with Crippen molar-refractivity contribution >= 4 is 38.0 Å². The third kappa shape index (κ3) is 2.21. The predicted molar refractivity (Wildman–Crippen MR) is 72.0 cm³/mol. The fourth-order valence-corrected chi connectivity index (χ4v) is 2.66. The van der Waals surface area contributed by atoms with Gasteiger partial charge in [0.25, 0.3) is 0 Å². The standard InChI is InChI=1S/C10H6ClFN2S.C2H6/c1-4-6(11)2-7(12)9-8(4)5(3-13)10(14)15-9;1-2/h2H,14H2,1H3;1-2H3. The predicted octanol–water partition coefficient (Wildman–Crippen LogP) is 4.48. The van der Waals surface area contributed by atoms with E-state index in [0.29, 0.717) is 31.2 Å². The molecule has 0 aliphatic rings. The van der Waals surface area contributed by atoms with E-state index < -0.39 is 5.82 Å². The van der Waals surface area contributed by atoms with Gasteiger partial charge in [0.15, 0.2) is 0 Å². The van der Waals surface area contributed by atoms with E-state index in [1.807, 2.05) is 19.9 Å². The van der Waals surface area contributed by atoms with Gasteiger partial charge < -0.3 is 5.73 Å². The van der Waals surface area contributed by atoms with Gasteiger partial charge in [0.2, 0.25) is 0 Å². The quantitative estimate of drug-likeness (QED) is 0.767. The number of benzene rings is 1. The first kappa shape index (κ1) is 13.8. The molecule has 0 saturated heterocycles. The van der Waals surface area contributed by atoms with Crippen molar-refractivity contribution in [2.45, 2.75) is 20.8 Å². The summed E-state index contributed by atoms with van der Waals surface area (Å²) in [7, 11) is 0. The summed E-state index contributed by atoms with van der Waals surface area (Å²) in [6.45, 7) is 5.75. The van der Waals surface area contributed by atoms with E-state index in [2.05, 4.69) is 0 Å². The summed E-state index contributed by atoms with van der Waals surface area (Å²) in [6.07, 6.45) is 0. The molecule has 0 amide bonds. The van der Waals surface area contributed by atoms with Crippen LogP contribution in [0.5, 0.6) is 0 Å². The molecule has 0 bridgehead atoms. The third-order valence-electron chi connectivity index (χ3n) is 2.25. The van der Waals surface area contributed by atoms with Crippen LogP contribution in [0.15, 0.2) is 6.07 Å². The molecule has 5 heteroatoms. The zero-order valence-electron chi connectivity index (χ0n) is 9.77. The molecule has 1 aromatic heterocycles. The Kier molecular flexibility index (Phi) is 4.33. The summed E-state index contributed by atoms with van der Waals surface area (Å²) in [4.78, 5) is 0. The fourth-order valence-electron chi connectivity index (χ4n) is 1.49. The lowest BCUT2D eigenvalue weighted by atomic mass is 10.1. The highest BCUT2D eigenvalue weighted by atomic mass is 35.5. The molecule has 0 saturated carbocycles. The van der Waals surface area contributed by atoms with Crippen molar-refractivity contribution in [1.82, 2.24) is 0 Å². The van der Waals surface area contributed by atoms with E-state index in [1.54, 1.807) is 6.92 Å². The van der Waals surface area contributed by atoms with E-state index in [4.69, 9.17) is 22.6 Å². The second kappa shape index (κ2) is 5.35. The summed E-state index contributed by atoms with van der Waals surface area (Å²) in [5.41, 5.74) is 6.64. The van der Waals surface area contributed by atoms with Crippen LogP contribution in [0.3, 0.4) is 0 Å². The van der Waals surface area contributed by atoms with Crippen LogP contribution < -0.4 is 5.73 Å². The minimum absolute atomic E-state index is 0.314. The van der Waals surface area contributed by atoms with E-state index in [9.17, 15) is 4.39 Å². The second-order valence-electron chi connectivity index (χ2n) is 3.12. The van der Waals surface area contributed by atoms with Gasteiger partial charge in [-0.3, -0.25) is 0 Å². The summed E-state index contributed by atoms with van der Waals surface area (Å²) in [5, 5.41) is 10.1. The number of rotatable bonds is 0. The average molecular weight is 271 g/mol. The highest BCUT2D eigenvalue weighted by Gasteiger charge is 2.17. The molecular formula is C12H12ClFN2S. The molecule has 0 unspecified atom stereocenters. The van der Waals surface area contributed by atoms with E-state index in [1.165, 1.54) is 6.07 Å². The fraction of sp³-hybridized carbons (Fsp3) is 0.250. The second-order valence-corrected chi connectivity index (χ2v) is 4.58. The van der Waals surface area contributed by atoms with Gasteiger partial charge in [0.05, 0.1) is 10.3 Å². The molecule has 1 aromatic carbocycles. The summed E-state index contributed by atoms with van der Waals surface area (Å²) in [5.74, 6) is -0.432. The van der Waals surface area contributed by atoms with Crippen molar-refractivity contribution in [1.29, 1.82) is 5.26 Å². The zero-order chi connectivity index (χ0) is 13.2. The average Bonchev–Trinajstić information content (AvgIpc) is 2.66. The number of anilines is 1. The molecule has 2 rings (SSSR count). The maximum Gasteiger partial charge on any atom is 0.142 e. The molecule has 0 atom stereocenters. The number of fused-ring (bicyclic) bond motifs is 1. The first-order valence-electron chi connectivity index (χ1n) is 5.13. The number of nitrogen functional groups attached to an aromatic ring is 1. The van der Waals surface area contributed by atoms with Crippen molar-refractivity contribution < 1.29 is 4.39 Å². The largest absolute Gasteiger partial charge is 0.389 e. The van der Waals surface area contributed by atoms with Gasteiger partial charge in [-0.25, -0.2) is 4.39 Å². The van der Waals surface area contributed by atoms with Gasteiger partial charge in [-0.05, 0) is 18.6 Å². The van der Waals surface area contributed by atoms with Crippen LogP contribution in [0.1, 0.15) is 25.0 Å². The van der Waals surface area contributed by atoms with Crippen molar-refractivity contribution in [3.63, 3.8) is 0 Å². The number of nitrogens with two attached hydrogens (primary N) is 1. The molecule has 0 aliphatic heterocycles. The lowest BCUT2D eigenvalue weighted by Gasteiger charge is -2.01. The Morgan fingerprint density at radius 2 is 2.06 bits per heavy atom. The van der Waals surface area contributed by atoms with Gasteiger partial charge in [0.1, 0.15) is 16.9 Å². The van der Waals surface area contributed by atoms with E-state index in [-0.39, 0.29) is 0 Å². The summed E-state index contributed by atoms with van der Waals surface area (Å²) in [6, 6.07) is 3.22. The number of nitrogens with zero attached hydrogens (tertiary/aromatic N) is 1. The van der Waals surface area contributed by atoms with Gasteiger partial charge in [0, 0.05) is 10.4 Å². The van der Waals surface area contributed by atoms with Crippen molar-refractivity contribution in [2.75, 3.05) is 5.73 Å². The van der Waals surface area contributed by atoms with E-state index in [0.717, 1.165) is 11.3 Å². The number of hydrogen-bond donors (Lipinski definition) is 1. The minimum Gasteiger partial charge on any atom is -0.389 e. The molecule has 2 aromatic rings. The molecule has 0 radical (unpaired) electrons. The van der Waals surface area contributed by atoms with Gasteiger partial charge in [-0.1, -0.05) is 25.4 Å². The summed E-state index contributed by atoms with van der Waals surface area (Å²) < 4.78 is 13.9. The first-order chi connectivity index (χ1) is 8.06. The van der Waals surface area contributed by atoms with Crippen LogP contribution in [0.25, 0.3) is 10.1 Å². The lowest BCUT2D eigenvalue weighted by molar-refractivity contribution is 0.641. The Balaban J connectivity index is 0.000000686. The molecule has 2 N–H and O–H groups in total. The Morgan fingerprint density at radius 1 is 1.47 bits per heavy atom. The van der Waals surface area contributed by atoms with Crippen LogP contribution in [-0.4, -0.2) is 0 Å². The molecule has 2 nitrogen and oxygen atoms in total. The molecule has 90 valence electrons. The van der Waals surface area contributed by atoms with Gasteiger partial charge in [-0.2, -0.15) is 5.26 Å².